The van der Waals surface area contributed by atoms with Crippen molar-refractivity contribution in [3.63, 3.8) is 0 Å². The molecule has 1 unspecified atom stereocenters. The fourth-order valence-corrected chi connectivity index (χ4v) is 3.20. The number of benzene rings is 2. The normalized spacial score (nSPS) is 12.1. The molecule has 0 amide bonds. The van der Waals surface area contributed by atoms with Crippen LogP contribution in [-0.2, 0) is 17.9 Å². The van der Waals surface area contributed by atoms with Crippen LogP contribution in [0.5, 0.6) is 11.5 Å². The minimum atomic E-state index is -0.905. The van der Waals surface area contributed by atoms with Gasteiger partial charge >= 0.3 is 5.97 Å². The van der Waals surface area contributed by atoms with E-state index in [9.17, 15) is 14.3 Å². The van der Waals surface area contributed by atoms with Gasteiger partial charge in [0.2, 0.25) is 0 Å². The van der Waals surface area contributed by atoms with E-state index in [0.29, 0.717) is 34.1 Å². The molecule has 158 valence electrons. The summed E-state index contributed by atoms with van der Waals surface area (Å²) in [5, 5.41) is 13.0. The Morgan fingerprint density at radius 3 is 2.41 bits per heavy atom. The second-order valence-corrected chi connectivity index (χ2v) is 7.83. The van der Waals surface area contributed by atoms with Crippen molar-refractivity contribution >= 4 is 29.2 Å². The number of ether oxygens (including phenoxy) is 2. The molecule has 8 heteroatoms. The van der Waals surface area contributed by atoms with Crippen molar-refractivity contribution in [2.45, 2.75) is 39.5 Å². The van der Waals surface area contributed by atoms with E-state index >= 15 is 0 Å². The number of aliphatic carboxylic acids is 1. The molecule has 0 saturated carbocycles. The molecule has 0 spiro atoms. The molecule has 0 fully saturated rings. The van der Waals surface area contributed by atoms with Gasteiger partial charge in [-0.2, -0.15) is 0 Å². The first-order chi connectivity index (χ1) is 13.7. The summed E-state index contributed by atoms with van der Waals surface area (Å²) in [6.45, 7) is 4.31. The molecule has 2 N–H and O–H groups in total. The summed E-state index contributed by atoms with van der Waals surface area (Å²) in [6, 6.07) is 6.70. The predicted octanol–water partition coefficient (Wildman–Crippen LogP) is 5.31. The average molecular weight is 444 g/mol. The number of carboxylic acids is 1. The third kappa shape index (κ3) is 6.77. The van der Waals surface area contributed by atoms with Crippen LogP contribution in [0.2, 0.25) is 10.0 Å². The zero-order valence-corrected chi connectivity index (χ0v) is 18.0. The monoisotopic (exact) mass is 443 g/mol. The van der Waals surface area contributed by atoms with Gasteiger partial charge in [0, 0.05) is 23.2 Å². The van der Waals surface area contributed by atoms with Crippen LogP contribution < -0.4 is 14.8 Å². The van der Waals surface area contributed by atoms with Crippen molar-refractivity contribution in [3.05, 3.63) is 57.3 Å². The number of halogens is 3. The van der Waals surface area contributed by atoms with Gasteiger partial charge in [0.25, 0.3) is 0 Å². The summed E-state index contributed by atoms with van der Waals surface area (Å²) in [5.74, 6) is -0.243. The quantitative estimate of drug-likeness (QED) is 0.520. The number of carbonyl (C=O) groups is 1. The minimum absolute atomic E-state index is 0.110. The molecule has 29 heavy (non-hydrogen) atoms. The van der Waals surface area contributed by atoms with Gasteiger partial charge in [0.15, 0.2) is 11.5 Å². The van der Waals surface area contributed by atoms with Gasteiger partial charge in [-0.05, 0) is 36.1 Å². The largest absolute Gasteiger partial charge is 0.493 e. The first-order valence-electron chi connectivity index (χ1n) is 9.10. The van der Waals surface area contributed by atoms with Crippen LogP contribution in [0.15, 0.2) is 30.3 Å². The number of hydrogen-bond acceptors (Lipinski definition) is 4. The first-order valence-corrected chi connectivity index (χ1v) is 9.86. The Morgan fingerprint density at radius 2 is 1.83 bits per heavy atom. The molecule has 2 aromatic carbocycles. The number of hydrogen-bond donors (Lipinski definition) is 2. The zero-order chi connectivity index (χ0) is 21.6. The molecule has 1 atom stereocenters. The standard InChI is InChI=1S/C21H24Cl2FNO4/c1-12(2)6-18(21(26)27)25-10-14-7-19(28-3)20(9-17(14)23)29-11-13-4-5-15(24)8-16(13)22/h4-5,7-9,12,18,25H,6,10-11H2,1-3H3,(H,26,27). The van der Waals surface area contributed by atoms with E-state index in [1.54, 1.807) is 18.2 Å². The Morgan fingerprint density at radius 1 is 1.14 bits per heavy atom. The van der Waals surface area contributed by atoms with E-state index in [1.807, 2.05) is 13.8 Å². The zero-order valence-electron chi connectivity index (χ0n) is 16.5. The maximum Gasteiger partial charge on any atom is 0.320 e. The van der Waals surface area contributed by atoms with E-state index in [4.69, 9.17) is 32.7 Å². The molecule has 0 aliphatic rings. The molecular formula is C21H24Cl2FNO4. The molecule has 0 bridgehead atoms. The Kier molecular flexibility index (Phi) is 8.56. The van der Waals surface area contributed by atoms with Crippen LogP contribution >= 0.6 is 23.2 Å². The van der Waals surface area contributed by atoms with Gasteiger partial charge in [0.05, 0.1) is 12.1 Å². The average Bonchev–Trinajstić information content (AvgIpc) is 2.64. The van der Waals surface area contributed by atoms with E-state index in [-0.39, 0.29) is 24.1 Å². The van der Waals surface area contributed by atoms with Gasteiger partial charge in [-0.15, -0.1) is 0 Å². The summed E-state index contributed by atoms with van der Waals surface area (Å²) < 4.78 is 24.3. The smallest absolute Gasteiger partial charge is 0.320 e. The van der Waals surface area contributed by atoms with Gasteiger partial charge in [-0.3, -0.25) is 4.79 Å². The fraction of sp³-hybridized carbons (Fsp3) is 0.381. The first kappa shape index (κ1) is 23.3. The Balaban J connectivity index is 2.12. The van der Waals surface area contributed by atoms with E-state index < -0.39 is 17.8 Å². The SMILES string of the molecule is COc1cc(CNC(CC(C)C)C(=O)O)c(Cl)cc1OCc1ccc(F)cc1Cl. The Bertz CT molecular complexity index is 861. The summed E-state index contributed by atoms with van der Waals surface area (Å²) in [6.07, 6.45) is 0.504. The minimum Gasteiger partial charge on any atom is -0.493 e. The third-order valence-electron chi connectivity index (χ3n) is 4.28. The number of rotatable bonds is 10. The molecule has 5 nitrogen and oxygen atoms in total. The van der Waals surface area contributed by atoms with Gasteiger partial charge in [0.1, 0.15) is 18.5 Å². The molecular weight excluding hydrogens is 420 g/mol. The van der Waals surface area contributed by atoms with Crippen molar-refractivity contribution in [1.29, 1.82) is 0 Å². The second-order valence-electron chi connectivity index (χ2n) is 7.02. The number of carboxylic acid groups (broad SMARTS) is 1. The van der Waals surface area contributed by atoms with Crippen molar-refractivity contribution in [2.24, 2.45) is 5.92 Å². The number of nitrogens with one attached hydrogen (secondary N) is 1. The highest BCUT2D eigenvalue weighted by Gasteiger charge is 2.19. The Hall–Kier alpha value is -2.02. The highest BCUT2D eigenvalue weighted by atomic mass is 35.5. The molecule has 0 radical (unpaired) electrons. The molecule has 2 rings (SSSR count). The van der Waals surface area contributed by atoms with Crippen molar-refractivity contribution < 1.29 is 23.8 Å². The van der Waals surface area contributed by atoms with Crippen molar-refractivity contribution in [2.75, 3.05) is 7.11 Å². The highest BCUT2D eigenvalue weighted by Crippen LogP contribution is 2.34. The van der Waals surface area contributed by atoms with Crippen LogP contribution in [0.25, 0.3) is 0 Å². The lowest BCUT2D eigenvalue weighted by Gasteiger charge is -2.18. The van der Waals surface area contributed by atoms with Crippen LogP contribution in [0, 0.1) is 11.7 Å². The van der Waals surface area contributed by atoms with E-state index in [1.165, 1.54) is 19.2 Å². The van der Waals surface area contributed by atoms with Crippen LogP contribution in [0.1, 0.15) is 31.4 Å². The molecule has 0 aromatic heterocycles. The lowest BCUT2D eigenvalue weighted by atomic mass is 10.0. The molecule has 0 saturated heterocycles. The van der Waals surface area contributed by atoms with Crippen molar-refractivity contribution in [3.8, 4) is 11.5 Å². The lowest BCUT2D eigenvalue weighted by molar-refractivity contribution is -0.140. The van der Waals surface area contributed by atoms with Gasteiger partial charge < -0.3 is 19.9 Å². The molecule has 0 aliphatic heterocycles. The highest BCUT2D eigenvalue weighted by molar-refractivity contribution is 6.31. The summed E-state index contributed by atoms with van der Waals surface area (Å²) in [5.41, 5.74) is 1.31. The van der Waals surface area contributed by atoms with Crippen molar-refractivity contribution in [1.82, 2.24) is 5.32 Å². The van der Waals surface area contributed by atoms with E-state index in [2.05, 4.69) is 5.32 Å². The predicted molar refractivity (Wildman–Crippen MR) is 111 cm³/mol. The molecule has 0 aliphatic carbocycles. The van der Waals surface area contributed by atoms with Gasteiger partial charge in [-0.25, -0.2) is 4.39 Å². The maximum absolute atomic E-state index is 13.2. The summed E-state index contributed by atoms with van der Waals surface area (Å²) in [7, 11) is 1.50. The Labute approximate surface area is 179 Å². The van der Waals surface area contributed by atoms with Gasteiger partial charge in [-0.1, -0.05) is 43.1 Å². The number of methoxy groups -OCH3 is 1. The lowest BCUT2D eigenvalue weighted by Crippen LogP contribution is -2.37. The summed E-state index contributed by atoms with van der Waals surface area (Å²) in [4.78, 5) is 11.4. The second kappa shape index (κ2) is 10.7. The fourth-order valence-electron chi connectivity index (χ4n) is 2.76. The molecule has 0 heterocycles. The van der Waals surface area contributed by atoms with Crippen LogP contribution in [0.3, 0.4) is 0 Å². The van der Waals surface area contributed by atoms with Crippen LogP contribution in [0.4, 0.5) is 4.39 Å². The molecule has 2 aromatic rings. The van der Waals surface area contributed by atoms with Crippen LogP contribution in [-0.4, -0.2) is 24.2 Å². The van der Waals surface area contributed by atoms with E-state index in [0.717, 1.165) is 0 Å². The topological polar surface area (TPSA) is 67.8 Å². The third-order valence-corrected chi connectivity index (χ3v) is 4.98. The summed E-state index contributed by atoms with van der Waals surface area (Å²) >= 11 is 12.4. The maximum atomic E-state index is 13.2.